The number of piperidine rings is 1. The third kappa shape index (κ3) is 2.82. The number of benzene rings is 1. The number of aryl methyl sites for hydroxylation is 1. The Bertz CT molecular complexity index is 672. The molecule has 1 saturated heterocycles. The van der Waals surface area contributed by atoms with Gasteiger partial charge in [0.15, 0.2) is 5.82 Å². The minimum atomic E-state index is -0.721. The highest BCUT2D eigenvalue weighted by Crippen LogP contribution is 2.29. The van der Waals surface area contributed by atoms with Crippen molar-refractivity contribution in [2.45, 2.75) is 26.2 Å². The second-order valence-corrected chi connectivity index (χ2v) is 5.71. The molecule has 1 unspecified atom stereocenters. The highest BCUT2D eigenvalue weighted by Gasteiger charge is 2.24. The van der Waals surface area contributed by atoms with Crippen LogP contribution in [0.4, 0.5) is 5.82 Å². The van der Waals surface area contributed by atoms with E-state index in [9.17, 15) is 4.79 Å². The van der Waals surface area contributed by atoms with E-state index in [0.29, 0.717) is 0 Å². The summed E-state index contributed by atoms with van der Waals surface area (Å²) < 4.78 is 0. The highest BCUT2D eigenvalue weighted by molar-refractivity contribution is 5.93. The van der Waals surface area contributed by atoms with Crippen molar-refractivity contribution in [3.8, 4) is 0 Å². The number of aromatic nitrogens is 2. The summed E-state index contributed by atoms with van der Waals surface area (Å²) in [5.41, 5.74) is 0.924. The van der Waals surface area contributed by atoms with Crippen molar-refractivity contribution in [3.05, 3.63) is 30.0 Å². The van der Waals surface area contributed by atoms with Crippen molar-refractivity contribution in [2.24, 2.45) is 5.92 Å². The van der Waals surface area contributed by atoms with Crippen LogP contribution >= 0.6 is 0 Å². The second-order valence-electron chi connectivity index (χ2n) is 5.71. The van der Waals surface area contributed by atoms with E-state index >= 15 is 0 Å². The maximum Gasteiger partial charge on any atom is 0.303 e. The van der Waals surface area contributed by atoms with E-state index in [4.69, 9.17) is 5.11 Å². The van der Waals surface area contributed by atoms with Crippen LogP contribution < -0.4 is 4.90 Å². The molecular weight excluding hydrogens is 266 g/mol. The van der Waals surface area contributed by atoms with Gasteiger partial charge in [0.2, 0.25) is 0 Å². The molecule has 5 heteroatoms. The molecule has 0 saturated carbocycles. The molecule has 2 aromatic rings. The summed E-state index contributed by atoms with van der Waals surface area (Å²) in [6.07, 6.45) is 2.20. The first-order valence-electron chi connectivity index (χ1n) is 7.34. The van der Waals surface area contributed by atoms with Gasteiger partial charge in [-0.05, 0) is 25.7 Å². The number of carbonyl (C=O) groups is 1. The van der Waals surface area contributed by atoms with Gasteiger partial charge in [0, 0.05) is 30.3 Å². The number of carboxylic acid groups (broad SMARTS) is 1. The van der Waals surface area contributed by atoms with Gasteiger partial charge in [0.25, 0.3) is 0 Å². The number of aliphatic carboxylic acids is 1. The first-order valence-corrected chi connectivity index (χ1v) is 7.34. The quantitative estimate of drug-likeness (QED) is 0.939. The van der Waals surface area contributed by atoms with Gasteiger partial charge in [-0.1, -0.05) is 24.3 Å². The van der Waals surface area contributed by atoms with E-state index in [2.05, 4.69) is 27.2 Å². The Morgan fingerprint density at radius 2 is 2.10 bits per heavy atom. The molecule has 0 spiro atoms. The number of fused-ring (bicyclic) bond motifs is 1. The van der Waals surface area contributed by atoms with Crippen molar-refractivity contribution in [1.82, 2.24) is 10.2 Å². The highest BCUT2D eigenvalue weighted by atomic mass is 16.4. The Balaban J connectivity index is 1.93. The van der Waals surface area contributed by atoms with E-state index in [1.807, 2.05) is 19.1 Å². The minimum absolute atomic E-state index is 0.193. The summed E-state index contributed by atoms with van der Waals surface area (Å²) in [6.45, 7) is 3.62. The smallest absolute Gasteiger partial charge is 0.303 e. The van der Waals surface area contributed by atoms with Crippen molar-refractivity contribution >= 4 is 22.6 Å². The van der Waals surface area contributed by atoms with Crippen molar-refractivity contribution in [2.75, 3.05) is 18.0 Å². The zero-order valence-electron chi connectivity index (χ0n) is 12.1. The number of anilines is 1. The number of nitrogens with zero attached hydrogens (tertiary/aromatic N) is 3. The zero-order chi connectivity index (χ0) is 14.8. The summed E-state index contributed by atoms with van der Waals surface area (Å²) in [4.78, 5) is 13.1. The molecule has 3 rings (SSSR count). The Hall–Kier alpha value is -2.17. The molecule has 1 N–H and O–H groups in total. The van der Waals surface area contributed by atoms with Crippen LogP contribution in [0.15, 0.2) is 24.3 Å². The Labute approximate surface area is 123 Å². The molecule has 0 bridgehead atoms. The van der Waals surface area contributed by atoms with E-state index in [1.54, 1.807) is 0 Å². The molecule has 1 aliphatic heterocycles. The van der Waals surface area contributed by atoms with Gasteiger partial charge in [-0.25, -0.2) is 0 Å². The Kier molecular flexibility index (Phi) is 3.73. The van der Waals surface area contributed by atoms with Crippen LogP contribution in [0.25, 0.3) is 10.8 Å². The van der Waals surface area contributed by atoms with Crippen molar-refractivity contribution in [1.29, 1.82) is 0 Å². The van der Waals surface area contributed by atoms with E-state index in [1.165, 1.54) is 0 Å². The molecule has 0 aliphatic carbocycles. The first kappa shape index (κ1) is 13.8. The molecule has 21 heavy (non-hydrogen) atoms. The summed E-state index contributed by atoms with van der Waals surface area (Å²) >= 11 is 0. The van der Waals surface area contributed by atoms with Gasteiger partial charge in [0.1, 0.15) is 0 Å². The largest absolute Gasteiger partial charge is 0.481 e. The lowest BCUT2D eigenvalue weighted by atomic mass is 9.94. The summed E-state index contributed by atoms with van der Waals surface area (Å²) in [5.74, 6) is 0.353. The minimum Gasteiger partial charge on any atom is -0.481 e. The topological polar surface area (TPSA) is 66.3 Å². The van der Waals surface area contributed by atoms with Crippen LogP contribution in [-0.2, 0) is 4.79 Å². The fraction of sp³-hybridized carbons (Fsp3) is 0.438. The third-order valence-electron chi connectivity index (χ3n) is 4.13. The average Bonchev–Trinajstić information content (AvgIpc) is 2.47. The number of rotatable bonds is 3. The molecule has 1 aromatic heterocycles. The van der Waals surface area contributed by atoms with Gasteiger partial charge in [-0.2, -0.15) is 5.10 Å². The molecule has 2 heterocycles. The van der Waals surface area contributed by atoms with Crippen LogP contribution in [0.2, 0.25) is 0 Å². The van der Waals surface area contributed by atoms with Crippen molar-refractivity contribution in [3.63, 3.8) is 0 Å². The van der Waals surface area contributed by atoms with Gasteiger partial charge >= 0.3 is 5.97 Å². The van der Waals surface area contributed by atoms with Crippen LogP contribution in [0.3, 0.4) is 0 Å². The van der Waals surface area contributed by atoms with Gasteiger partial charge in [-0.15, -0.1) is 5.10 Å². The molecule has 1 fully saturated rings. The predicted octanol–water partition coefficient (Wildman–Crippen LogP) is 2.63. The zero-order valence-corrected chi connectivity index (χ0v) is 12.1. The maximum absolute atomic E-state index is 10.9. The Morgan fingerprint density at radius 1 is 1.33 bits per heavy atom. The molecule has 5 nitrogen and oxygen atoms in total. The molecule has 0 amide bonds. The number of hydrogen-bond donors (Lipinski definition) is 1. The number of carboxylic acids is 1. The van der Waals surface area contributed by atoms with Crippen LogP contribution in [-0.4, -0.2) is 34.4 Å². The number of hydrogen-bond acceptors (Lipinski definition) is 4. The summed E-state index contributed by atoms with van der Waals surface area (Å²) in [6, 6.07) is 8.13. The second kappa shape index (κ2) is 5.68. The summed E-state index contributed by atoms with van der Waals surface area (Å²) in [5, 5.41) is 19.8. The first-order chi connectivity index (χ1) is 10.1. The lowest BCUT2D eigenvalue weighted by molar-refractivity contribution is -0.138. The fourth-order valence-corrected chi connectivity index (χ4v) is 3.13. The third-order valence-corrected chi connectivity index (χ3v) is 4.13. The SMILES string of the molecule is Cc1nnc(N2CCCC(CC(=O)O)C2)c2ccccc12. The summed E-state index contributed by atoms with van der Waals surface area (Å²) in [7, 11) is 0. The normalized spacial score (nSPS) is 18.9. The maximum atomic E-state index is 10.9. The van der Waals surface area contributed by atoms with E-state index < -0.39 is 5.97 Å². The molecule has 0 radical (unpaired) electrons. The van der Waals surface area contributed by atoms with Gasteiger partial charge in [0.05, 0.1) is 5.69 Å². The predicted molar refractivity (Wildman–Crippen MR) is 81.5 cm³/mol. The molecule has 1 aromatic carbocycles. The van der Waals surface area contributed by atoms with Crippen LogP contribution in [0.5, 0.6) is 0 Å². The standard InChI is InChI=1S/C16H19N3O2/c1-11-13-6-2-3-7-14(13)16(18-17-11)19-8-4-5-12(10-19)9-15(20)21/h2-3,6-7,12H,4-5,8-10H2,1H3,(H,20,21). The van der Waals surface area contributed by atoms with E-state index in [-0.39, 0.29) is 12.3 Å². The van der Waals surface area contributed by atoms with Crippen LogP contribution in [0.1, 0.15) is 25.0 Å². The molecule has 1 atom stereocenters. The van der Waals surface area contributed by atoms with Crippen LogP contribution in [0, 0.1) is 12.8 Å². The molecular formula is C16H19N3O2. The monoisotopic (exact) mass is 285 g/mol. The van der Waals surface area contributed by atoms with Gasteiger partial charge < -0.3 is 10.0 Å². The van der Waals surface area contributed by atoms with E-state index in [0.717, 1.165) is 48.2 Å². The Morgan fingerprint density at radius 3 is 2.86 bits per heavy atom. The fourth-order valence-electron chi connectivity index (χ4n) is 3.13. The lowest BCUT2D eigenvalue weighted by Crippen LogP contribution is -2.37. The molecule has 110 valence electrons. The van der Waals surface area contributed by atoms with Gasteiger partial charge in [-0.3, -0.25) is 4.79 Å². The average molecular weight is 285 g/mol. The van der Waals surface area contributed by atoms with Crippen molar-refractivity contribution < 1.29 is 9.90 Å². The lowest BCUT2D eigenvalue weighted by Gasteiger charge is -2.33. The molecule has 1 aliphatic rings.